The standard InChI is InChI=1S/C27H36N4O3/c1-30-13-8-20(9-14-30)28-22-18-24(25-7-5-15-33-25)29-23-19-27(26(32-2)17-21(22)23)34-16-6-12-31-10-3-4-11-31/h5,7,15,17-20H,3-4,6,8-14,16H2,1-2H3,(H,28,29). The highest BCUT2D eigenvalue weighted by atomic mass is 16.5. The third kappa shape index (κ3) is 5.31. The van der Waals surface area contributed by atoms with Gasteiger partial charge in [-0.05, 0) is 89.6 Å². The van der Waals surface area contributed by atoms with Crippen LogP contribution in [-0.4, -0.2) is 74.3 Å². The first-order chi connectivity index (χ1) is 16.7. The molecule has 0 aliphatic carbocycles. The second-order valence-corrected chi connectivity index (χ2v) is 9.53. The van der Waals surface area contributed by atoms with Crippen molar-refractivity contribution < 1.29 is 13.9 Å². The fourth-order valence-corrected chi connectivity index (χ4v) is 5.03. The number of likely N-dealkylation sites (tertiary alicyclic amines) is 2. The highest BCUT2D eigenvalue weighted by molar-refractivity contribution is 5.95. The number of fused-ring (bicyclic) bond motifs is 1. The van der Waals surface area contributed by atoms with E-state index in [1.807, 2.05) is 18.2 Å². The summed E-state index contributed by atoms with van der Waals surface area (Å²) in [4.78, 5) is 9.82. The third-order valence-electron chi connectivity index (χ3n) is 7.02. The summed E-state index contributed by atoms with van der Waals surface area (Å²) in [6, 6.07) is 10.4. The Balaban J connectivity index is 1.41. The van der Waals surface area contributed by atoms with Gasteiger partial charge in [-0.25, -0.2) is 4.98 Å². The molecule has 0 saturated carbocycles. The molecule has 0 spiro atoms. The van der Waals surface area contributed by atoms with Gasteiger partial charge in [0.25, 0.3) is 0 Å². The summed E-state index contributed by atoms with van der Waals surface area (Å²) in [5.74, 6) is 2.25. The van der Waals surface area contributed by atoms with Gasteiger partial charge in [-0.3, -0.25) is 0 Å². The van der Waals surface area contributed by atoms with Crippen LogP contribution < -0.4 is 14.8 Å². The van der Waals surface area contributed by atoms with Gasteiger partial charge in [-0.1, -0.05) is 0 Å². The number of hydrogen-bond donors (Lipinski definition) is 1. The van der Waals surface area contributed by atoms with Crippen LogP contribution in [0.3, 0.4) is 0 Å². The number of methoxy groups -OCH3 is 1. The molecule has 1 N–H and O–H groups in total. The zero-order valence-corrected chi connectivity index (χ0v) is 20.4. The SMILES string of the molecule is COc1cc2c(NC3CCN(C)CC3)cc(-c3ccco3)nc2cc1OCCCN1CCCC1. The van der Waals surface area contributed by atoms with E-state index in [0.717, 1.165) is 78.4 Å². The Morgan fingerprint density at radius 2 is 1.91 bits per heavy atom. The van der Waals surface area contributed by atoms with Gasteiger partial charge in [-0.15, -0.1) is 0 Å². The number of nitrogens with zero attached hydrogens (tertiary/aromatic N) is 3. The molecule has 2 saturated heterocycles. The number of aromatic nitrogens is 1. The number of rotatable bonds is 9. The van der Waals surface area contributed by atoms with Crippen molar-refractivity contribution >= 4 is 16.6 Å². The minimum Gasteiger partial charge on any atom is -0.493 e. The van der Waals surface area contributed by atoms with Gasteiger partial charge in [0.2, 0.25) is 0 Å². The van der Waals surface area contributed by atoms with E-state index in [1.54, 1.807) is 13.4 Å². The Hall–Kier alpha value is -2.77. The Labute approximate surface area is 202 Å². The zero-order valence-electron chi connectivity index (χ0n) is 20.4. The van der Waals surface area contributed by atoms with Crippen LogP contribution in [0, 0.1) is 0 Å². The van der Waals surface area contributed by atoms with Crippen molar-refractivity contribution in [3.05, 3.63) is 36.6 Å². The second kappa shape index (κ2) is 10.7. The van der Waals surface area contributed by atoms with E-state index in [4.69, 9.17) is 18.9 Å². The minimum atomic E-state index is 0.429. The number of ether oxygens (including phenoxy) is 2. The molecule has 7 nitrogen and oxygen atoms in total. The first-order valence-corrected chi connectivity index (χ1v) is 12.6. The highest BCUT2D eigenvalue weighted by Crippen LogP contribution is 2.37. The fraction of sp³-hybridized carbons (Fsp3) is 0.519. The van der Waals surface area contributed by atoms with Crippen molar-refractivity contribution in [3.8, 4) is 23.0 Å². The lowest BCUT2D eigenvalue weighted by Gasteiger charge is -2.30. The van der Waals surface area contributed by atoms with Gasteiger partial charge in [-0.2, -0.15) is 0 Å². The third-order valence-corrected chi connectivity index (χ3v) is 7.02. The summed E-state index contributed by atoms with van der Waals surface area (Å²) in [5.41, 5.74) is 2.75. The Bertz CT molecular complexity index is 1070. The number of anilines is 1. The average Bonchev–Trinajstić information content (AvgIpc) is 3.57. The molecule has 0 radical (unpaired) electrons. The lowest BCUT2D eigenvalue weighted by Crippen LogP contribution is -2.36. The first kappa shape index (κ1) is 23.0. The maximum atomic E-state index is 6.19. The van der Waals surface area contributed by atoms with Crippen LogP contribution >= 0.6 is 0 Å². The molecule has 2 aliphatic heterocycles. The molecule has 3 aromatic rings. The number of nitrogens with one attached hydrogen (secondary N) is 1. The van der Waals surface area contributed by atoms with Gasteiger partial charge in [0.1, 0.15) is 5.69 Å². The molecule has 7 heteroatoms. The van der Waals surface area contributed by atoms with Gasteiger partial charge in [0.15, 0.2) is 17.3 Å². The molecule has 0 unspecified atom stereocenters. The summed E-state index contributed by atoms with van der Waals surface area (Å²) in [7, 11) is 3.89. The number of benzene rings is 1. The topological polar surface area (TPSA) is 63.0 Å². The Kier molecular flexibility index (Phi) is 7.21. The van der Waals surface area contributed by atoms with Crippen LogP contribution in [0.15, 0.2) is 41.0 Å². The predicted molar refractivity (Wildman–Crippen MR) is 136 cm³/mol. The van der Waals surface area contributed by atoms with Crippen molar-refractivity contribution in [2.24, 2.45) is 0 Å². The van der Waals surface area contributed by atoms with Gasteiger partial charge in [0, 0.05) is 29.7 Å². The molecule has 1 aromatic carbocycles. The van der Waals surface area contributed by atoms with E-state index >= 15 is 0 Å². The van der Waals surface area contributed by atoms with Crippen LogP contribution in [-0.2, 0) is 0 Å². The summed E-state index contributed by atoms with van der Waals surface area (Å²) in [6.07, 6.45) is 7.56. The largest absolute Gasteiger partial charge is 0.493 e. The van der Waals surface area contributed by atoms with Gasteiger partial charge >= 0.3 is 0 Å². The van der Waals surface area contributed by atoms with Crippen molar-refractivity contribution in [3.63, 3.8) is 0 Å². The maximum Gasteiger partial charge on any atom is 0.163 e. The summed E-state index contributed by atoms with van der Waals surface area (Å²) < 4.78 is 17.6. The molecule has 0 amide bonds. The molecule has 0 bridgehead atoms. The van der Waals surface area contributed by atoms with E-state index in [9.17, 15) is 0 Å². The van der Waals surface area contributed by atoms with Crippen molar-refractivity contribution in [1.29, 1.82) is 0 Å². The normalized spacial score (nSPS) is 17.9. The molecule has 2 aromatic heterocycles. The molecular formula is C27H36N4O3. The molecule has 0 atom stereocenters. The molecule has 2 aliphatic rings. The molecule has 182 valence electrons. The van der Waals surface area contributed by atoms with E-state index < -0.39 is 0 Å². The predicted octanol–water partition coefficient (Wildman–Crippen LogP) is 4.87. The quantitative estimate of drug-likeness (QED) is 0.453. The molecule has 34 heavy (non-hydrogen) atoms. The lowest BCUT2D eigenvalue weighted by atomic mass is 10.0. The minimum absolute atomic E-state index is 0.429. The Morgan fingerprint density at radius 1 is 1.09 bits per heavy atom. The van der Waals surface area contributed by atoms with Crippen molar-refractivity contribution in [2.45, 2.75) is 38.1 Å². The smallest absolute Gasteiger partial charge is 0.163 e. The van der Waals surface area contributed by atoms with Crippen molar-refractivity contribution in [2.75, 3.05) is 58.8 Å². The van der Waals surface area contributed by atoms with Crippen LogP contribution in [0.5, 0.6) is 11.5 Å². The van der Waals surface area contributed by atoms with Gasteiger partial charge in [0.05, 0.1) is 25.5 Å². The molecule has 5 rings (SSSR count). The van der Waals surface area contributed by atoms with Crippen LogP contribution in [0.2, 0.25) is 0 Å². The first-order valence-electron chi connectivity index (χ1n) is 12.6. The summed E-state index contributed by atoms with van der Waals surface area (Å²) in [6.45, 7) is 6.38. The van der Waals surface area contributed by atoms with E-state index in [2.05, 4.69) is 34.3 Å². The molecule has 2 fully saturated rings. The Morgan fingerprint density at radius 3 is 2.65 bits per heavy atom. The van der Waals surface area contributed by atoms with Crippen LogP contribution in [0.1, 0.15) is 32.1 Å². The lowest BCUT2D eigenvalue weighted by molar-refractivity contribution is 0.254. The zero-order chi connectivity index (χ0) is 23.3. The highest BCUT2D eigenvalue weighted by Gasteiger charge is 2.20. The van der Waals surface area contributed by atoms with Crippen LogP contribution in [0.25, 0.3) is 22.4 Å². The number of furan rings is 1. The van der Waals surface area contributed by atoms with E-state index in [0.29, 0.717) is 12.6 Å². The summed E-state index contributed by atoms with van der Waals surface area (Å²) in [5, 5.41) is 4.83. The number of pyridine rings is 1. The van der Waals surface area contributed by atoms with Crippen LogP contribution in [0.4, 0.5) is 5.69 Å². The number of hydrogen-bond acceptors (Lipinski definition) is 7. The van der Waals surface area contributed by atoms with Crippen molar-refractivity contribution in [1.82, 2.24) is 14.8 Å². The molecular weight excluding hydrogens is 428 g/mol. The summed E-state index contributed by atoms with van der Waals surface area (Å²) >= 11 is 0. The monoisotopic (exact) mass is 464 g/mol. The van der Waals surface area contributed by atoms with E-state index in [-0.39, 0.29) is 0 Å². The van der Waals surface area contributed by atoms with E-state index in [1.165, 1.54) is 25.9 Å². The van der Waals surface area contributed by atoms with Gasteiger partial charge < -0.3 is 29.0 Å². The second-order valence-electron chi connectivity index (χ2n) is 9.53. The maximum absolute atomic E-state index is 6.19. The number of piperidine rings is 1. The average molecular weight is 465 g/mol. The fourth-order valence-electron chi connectivity index (χ4n) is 5.03. The molecule has 4 heterocycles.